The van der Waals surface area contributed by atoms with Crippen molar-refractivity contribution < 1.29 is 44.7 Å². The van der Waals surface area contributed by atoms with Crippen LogP contribution in [0.5, 0.6) is 0 Å². The molecule has 0 aliphatic heterocycles. The number of nitrogens with one attached hydrogen (secondary N) is 2. The molecule has 12 heteroatoms. The highest BCUT2D eigenvalue weighted by atomic mass is 16.5. The summed E-state index contributed by atoms with van der Waals surface area (Å²) >= 11 is 0. The van der Waals surface area contributed by atoms with Crippen molar-refractivity contribution in [2.75, 3.05) is 20.3 Å². The maximum Gasteiger partial charge on any atom is 0.305 e. The van der Waals surface area contributed by atoms with E-state index >= 15 is 0 Å². The fourth-order valence-corrected chi connectivity index (χ4v) is 2.73. The van der Waals surface area contributed by atoms with Gasteiger partial charge in [-0.25, -0.2) is 0 Å². The van der Waals surface area contributed by atoms with E-state index < -0.39 is 67.2 Å². The first-order valence-corrected chi connectivity index (χ1v) is 9.39. The maximum absolute atomic E-state index is 12.4. The molecule has 0 spiro atoms. The standard InChI is InChI=1S/C19H29N3O9/c1-31-9-11(20)18(29)22-13(8-23)15(26)16(27)17(28)19(30)21-12(7-14(24)25)10-5-3-2-4-6-10/h2-6,11-13,15-17,23,26-28H,7-9,20H2,1H3,(H,21,30)(H,22,29)(H,24,25)/t11-,12-,13-,15+,16+,17-/m0/s1. The summed E-state index contributed by atoms with van der Waals surface area (Å²) in [5.74, 6) is -3.16. The van der Waals surface area contributed by atoms with Crippen LogP contribution in [-0.2, 0) is 19.1 Å². The number of carbonyl (C=O) groups is 3. The number of ether oxygens (including phenoxy) is 1. The van der Waals surface area contributed by atoms with Crippen LogP contribution >= 0.6 is 0 Å². The van der Waals surface area contributed by atoms with Crippen LogP contribution in [0.2, 0.25) is 0 Å². The Kier molecular flexibility index (Phi) is 11.0. The zero-order valence-electron chi connectivity index (χ0n) is 16.9. The Balaban J connectivity index is 2.83. The van der Waals surface area contributed by atoms with Gasteiger partial charge in [-0.3, -0.25) is 14.4 Å². The highest BCUT2D eigenvalue weighted by molar-refractivity contribution is 5.83. The monoisotopic (exact) mass is 443 g/mol. The second kappa shape index (κ2) is 12.9. The van der Waals surface area contributed by atoms with E-state index in [0.717, 1.165) is 0 Å². The molecule has 0 aliphatic carbocycles. The second-order valence-corrected chi connectivity index (χ2v) is 6.86. The van der Waals surface area contributed by atoms with Gasteiger partial charge in [0, 0.05) is 7.11 Å². The Labute approximate surface area is 178 Å². The molecule has 0 aromatic heterocycles. The molecule has 31 heavy (non-hydrogen) atoms. The molecule has 0 heterocycles. The third-order valence-electron chi connectivity index (χ3n) is 4.46. The highest BCUT2D eigenvalue weighted by Crippen LogP contribution is 2.17. The van der Waals surface area contributed by atoms with E-state index in [1.165, 1.54) is 7.11 Å². The molecule has 9 N–H and O–H groups in total. The molecular weight excluding hydrogens is 414 g/mol. The van der Waals surface area contributed by atoms with Crippen molar-refractivity contribution in [2.24, 2.45) is 5.73 Å². The lowest BCUT2D eigenvalue weighted by Gasteiger charge is -2.30. The summed E-state index contributed by atoms with van der Waals surface area (Å²) in [7, 11) is 1.32. The molecule has 0 unspecified atom stereocenters. The van der Waals surface area contributed by atoms with Gasteiger partial charge in [0.1, 0.15) is 18.2 Å². The van der Waals surface area contributed by atoms with Gasteiger partial charge in [0.15, 0.2) is 6.10 Å². The molecule has 12 nitrogen and oxygen atoms in total. The number of aliphatic hydroxyl groups is 4. The van der Waals surface area contributed by atoms with Gasteiger partial charge in [-0.15, -0.1) is 0 Å². The third kappa shape index (κ3) is 8.20. The third-order valence-corrected chi connectivity index (χ3v) is 4.46. The van der Waals surface area contributed by atoms with E-state index in [2.05, 4.69) is 10.6 Å². The number of carbonyl (C=O) groups excluding carboxylic acids is 2. The van der Waals surface area contributed by atoms with Crippen molar-refractivity contribution in [3.05, 3.63) is 35.9 Å². The number of nitrogens with two attached hydrogens (primary N) is 1. The lowest BCUT2D eigenvalue weighted by molar-refractivity contribution is -0.145. The quantitative estimate of drug-likeness (QED) is 0.153. The number of amides is 2. The van der Waals surface area contributed by atoms with Gasteiger partial charge in [-0.2, -0.15) is 0 Å². The van der Waals surface area contributed by atoms with Crippen LogP contribution in [0.1, 0.15) is 18.0 Å². The van der Waals surface area contributed by atoms with E-state index in [1.807, 2.05) is 0 Å². The lowest BCUT2D eigenvalue weighted by Crippen LogP contribution is -2.58. The number of rotatable bonds is 13. The number of aliphatic carboxylic acids is 1. The van der Waals surface area contributed by atoms with Gasteiger partial charge in [0.25, 0.3) is 5.91 Å². The van der Waals surface area contributed by atoms with Gasteiger partial charge in [-0.05, 0) is 5.56 Å². The Hall–Kier alpha value is -2.61. The van der Waals surface area contributed by atoms with Gasteiger partial charge in [-0.1, -0.05) is 30.3 Å². The smallest absolute Gasteiger partial charge is 0.305 e. The summed E-state index contributed by atoms with van der Waals surface area (Å²) in [6.45, 7) is -0.970. The molecule has 0 saturated heterocycles. The summed E-state index contributed by atoms with van der Waals surface area (Å²) in [5.41, 5.74) is 5.99. The van der Waals surface area contributed by atoms with Crippen molar-refractivity contribution >= 4 is 17.8 Å². The normalized spacial score (nSPS) is 17.0. The summed E-state index contributed by atoms with van der Waals surface area (Å²) in [6.07, 6.45) is -6.74. The summed E-state index contributed by atoms with van der Waals surface area (Å²) in [5, 5.41) is 53.5. The van der Waals surface area contributed by atoms with Crippen LogP contribution in [0.4, 0.5) is 0 Å². The van der Waals surface area contributed by atoms with Gasteiger partial charge < -0.3 is 46.6 Å². The Morgan fingerprint density at radius 2 is 1.65 bits per heavy atom. The van der Waals surface area contributed by atoms with Crippen molar-refractivity contribution in [2.45, 2.75) is 42.9 Å². The fraction of sp³-hybridized carbons (Fsp3) is 0.526. The lowest BCUT2D eigenvalue weighted by atomic mass is 9.99. The van der Waals surface area contributed by atoms with Gasteiger partial charge in [0.2, 0.25) is 5.91 Å². The first-order valence-electron chi connectivity index (χ1n) is 9.39. The average molecular weight is 443 g/mol. The number of carboxylic acid groups (broad SMARTS) is 1. The summed E-state index contributed by atoms with van der Waals surface area (Å²) in [4.78, 5) is 35.4. The van der Waals surface area contributed by atoms with Crippen LogP contribution < -0.4 is 16.4 Å². The molecule has 6 atom stereocenters. The molecule has 0 bridgehead atoms. The molecule has 1 aromatic carbocycles. The van der Waals surface area contributed by atoms with Crippen LogP contribution in [-0.4, -0.2) is 94.0 Å². The molecule has 0 aliphatic rings. The van der Waals surface area contributed by atoms with Crippen LogP contribution in [0.15, 0.2) is 30.3 Å². The minimum absolute atomic E-state index is 0.141. The number of hydrogen-bond acceptors (Lipinski definition) is 9. The molecule has 1 rings (SSSR count). The summed E-state index contributed by atoms with van der Waals surface area (Å²) < 4.78 is 4.72. The topological polar surface area (TPSA) is 212 Å². The number of hydrogen-bond donors (Lipinski definition) is 8. The first-order chi connectivity index (χ1) is 14.6. The number of methoxy groups -OCH3 is 1. The Bertz CT molecular complexity index is 719. The maximum atomic E-state index is 12.4. The van der Waals surface area contributed by atoms with E-state index in [1.54, 1.807) is 30.3 Å². The average Bonchev–Trinajstić information content (AvgIpc) is 2.75. The van der Waals surface area contributed by atoms with E-state index in [9.17, 15) is 34.8 Å². The minimum Gasteiger partial charge on any atom is -0.481 e. The van der Waals surface area contributed by atoms with Crippen LogP contribution in [0.25, 0.3) is 0 Å². The molecule has 0 fully saturated rings. The molecular formula is C19H29N3O9. The Morgan fingerprint density at radius 1 is 1.03 bits per heavy atom. The zero-order valence-corrected chi connectivity index (χ0v) is 16.9. The zero-order chi connectivity index (χ0) is 23.6. The van der Waals surface area contributed by atoms with Crippen molar-refractivity contribution in [1.82, 2.24) is 10.6 Å². The van der Waals surface area contributed by atoms with Crippen molar-refractivity contribution in [3.8, 4) is 0 Å². The predicted molar refractivity (Wildman–Crippen MR) is 106 cm³/mol. The molecule has 0 saturated carbocycles. The number of benzene rings is 1. The molecule has 174 valence electrons. The number of carboxylic acids is 1. The van der Waals surface area contributed by atoms with Crippen molar-refractivity contribution in [3.63, 3.8) is 0 Å². The first kappa shape index (κ1) is 26.4. The SMILES string of the molecule is COC[C@H](N)C(=O)N[C@@H](CO)[C@@H](O)[C@@H](O)[C@H](O)C(=O)N[C@@H](CC(=O)O)c1ccccc1. The largest absolute Gasteiger partial charge is 0.481 e. The molecule has 2 amide bonds. The van der Waals surface area contributed by atoms with Gasteiger partial charge in [0.05, 0.1) is 31.7 Å². The number of aliphatic hydroxyl groups excluding tert-OH is 4. The predicted octanol–water partition coefficient (Wildman–Crippen LogP) is -3.15. The van der Waals surface area contributed by atoms with E-state index in [0.29, 0.717) is 5.56 Å². The van der Waals surface area contributed by atoms with Crippen LogP contribution in [0.3, 0.4) is 0 Å². The van der Waals surface area contributed by atoms with E-state index in [-0.39, 0.29) is 6.61 Å². The summed E-state index contributed by atoms with van der Waals surface area (Å²) in [6, 6.07) is 4.54. The second-order valence-electron chi connectivity index (χ2n) is 6.86. The van der Waals surface area contributed by atoms with Crippen molar-refractivity contribution in [1.29, 1.82) is 0 Å². The highest BCUT2D eigenvalue weighted by Gasteiger charge is 2.37. The Morgan fingerprint density at radius 3 is 2.16 bits per heavy atom. The van der Waals surface area contributed by atoms with Gasteiger partial charge >= 0.3 is 5.97 Å². The minimum atomic E-state index is -2.19. The van der Waals surface area contributed by atoms with E-state index in [4.69, 9.17) is 15.6 Å². The van der Waals surface area contributed by atoms with Crippen LogP contribution in [0, 0.1) is 0 Å². The fourth-order valence-electron chi connectivity index (χ4n) is 2.73. The molecule has 0 radical (unpaired) electrons. The molecule has 1 aromatic rings.